The van der Waals surface area contributed by atoms with Gasteiger partial charge < -0.3 is 15.2 Å². The van der Waals surface area contributed by atoms with Crippen molar-refractivity contribution in [3.05, 3.63) is 53.3 Å². The molecule has 1 amide bonds. The average molecular weight is 285 g/mol. The highest BCUT2D eigenvalue weighted by Crippen LogP contribution is 2.15. The first-order valence-corrected chi connectivity index (χ1v) is 7.28. The summed E-state index contributed by atoms with van der Waals surface area (Å²) in [4.78, 5) is 14.6. The quantitative estimate of drug-likeness (QED) is 0.918. The lowest BCUT2D eigenvalue weighted by Gasteiger charge is -2.22. The van der Waals surface area contributed by atoms with Gasteiger partial charge in [-0.15, -0.1) is 0 Å². The zero-order valence-corrected chi connectivity index (χ0v) is 13.0. The molecule has 2 rings (SSSR count). The molecule has 0 saturated carbocycles. The van der Waals surface area contributed by atoms with Crippen molar-refractivity contribution in [2.24, 2.45) is 7.05 Å². The summed E-state index contributed by atoms with van der Waals surface area (Å²) in [5, 5.41) is 0. The fourth-order valence-corrected chi connectivity index (χ4v) is 2.40. The van der Waals surface area contributed by atoms with Crippen molar-refractivity contribution in [1.82, 2.24) is 9.47 Å². The third kappa shape index (κ3) is 3.66. The Morgan fingerprint density at radius 2 is 1.95 bits per heavy atom. The standard InChI is InChI=1S/C17H23N3O/c1-4-9-20(11-14-7-5-13(2)6-8-14)17(21)16-10-15(18)12-19(16)3/h5-8,10,12H,4,9,11,18H2,1-3H3. The lowest BCUT2D eigenvalue weighted by molar-refractivity contribution is 0.0733. The number of amides is 1. The number of aryl methyl sites for hydroxylation is 2. The number of anilines is 1. The van der Waals surface area contributed by atoms with E-state index in [0.717, 1.165) is 18.5 Å². The van der Waals surface area contributed by atoms with Gasteiger partial charge in [0.2, 0.25) is 0 Å². The molecule has 0 fully saturated rings. The summed E-state index contributed by atoms with van der Waals surface area (Å²) in [5.41, 5.74) is 9.39. The molecule has 112 valence electrons. The molecule has 4 nitrogen and oxygen atoms in total. The number of nitrogen functional groups attached to an aromatic ring is 1. The Labute approximate surface area is 126 Å². The SMILES string of the molecule is CCCN(Cc1ccc(C)cc1)C(=O)c1cc(N)cn1C. The van der Waals surface area contributed by atoms with Gasteiger partial charge in [-0.2, -0.15) is 0 Å². The summed E-state index contributed by atoms with van der Waals surface area (Å²) in [5.74, 6) is 0.0247. The van der Waals surface area contributed by atoms with Crippen molar-refractivity contribution in [2.75, 3.05) is 12.3 Å². The summed E-state index contributed by atoms with van der Waals surface area (Å²) >= 11 is 0. The molecule has 2 N–H and O–H groups in total. The van der Waals surface area contributed by atoms with E-state index in [1.807, 2.05) is 11.9 Å². The van der Waals surface area contributed by atoms with Crippen LogP contribution in [0.15, 0.2) is 36.5 Å². The van der Waals surface area contributed by atoms with Gasteiger partial charge >= 0.3 is 0 Å². The summed E-state index contributed by atoms with van der Waals surface area (Å²) in [6, 6.07) is 10.0. The van der Waals surface area contributed by atoms with E-state index in [1.165, 1.54) is 5.56 Å². The van der Waals surface area contributed by atoms with Gasteiger partial charge in [0.15, 0.2) is 0 Å². The molecular weight excluding hydrogens is 262 g/mol. The molecule has 0 aliphatic heterocycles. The highest BCUT2D eigenvalue weighted by Gasteiger charge is 2.18. The van der Waals surface area contributed by atoms with Crippen LogP contribution in [0.2, 0.25) is 0 Å². The van der Waals surface area contributed by atoms with E-state index >= 15 is 0 Å². The van der Waals surface area contributed by atoms with Crippen LogP contribution in [-0.4, -0.2) is 21.9 Å². The number of nitrogens with zero attached hydrogens (tertiary/aromatic N) is 2. The van der Waals surface area contributed by atoms with Gasteiger partial charge in [-0.25, -0.2) is 0 Å². The Morgan fingerprint density at radius 1 is 1.29 bits per heavy atom. The van der Waals surface area contributed by atoms with E-state index < -0.39 is 0 Å². The molecule has 0 bridgehead atoms. The molecule has 1 aromatic carbocycles. The zero-order valence-electron chi connectivity index (χ0n) is 13.0. The van der Waals surface area contributed by atoms with Crippen LogP contribution in [0.4, 0.5) is 5.69 Å². The second kappa shape index (κ2) is 6.48. The molecule has 0 saturated heterocycles. The van der Waals surface area contributed by atoms with Crippen LogP contribution in [-0.2, 0) is 13.6 Å². The number of aromatic nitrogens is 1. The normalized spacial score (nSPS) is 10.6. The second-order valence-electron chi connectivity index (χ2n) is 5.48. The summed E-state index contributed by atoms with van der Waals surface area (Å²) in [6.45, 7) is 5.50. The molecule has 1 aromatic heterocycles. The monoisotopic (exact) mass is 285 g/mol. The van der Waals surface area contributed by atoms with Crippen molar-refractivity contribution in [3.63, 3.8) is 0 Å². The zero-order chi connectivity index (χ0) is 15.4. The largest absolute Gasteiger partial charge is 0.397 e. The van der Waals surface area contributed by atoms with E-state index in [0.29, 0.717) is 17.9 Å². The smallest absolute Gasteiger partial charge is 0.270 e. The maximum Gasteiger partial charge on any atom is 0.270 e. The molecule has 0 aliphatic rings. The number of rotatable bonds is 5. The summed E-state index contributed by atoms with van der Waals surface area (Å²) in [7, 11) is 1.85. The molecule has 0 atom stereocenters. The summed E-state index contributed by atoms with van der Waals surface area (Å²) < 4.78 is 1.79. The van der Waals surface area contributed by atoms with Crippen LogP contribution in [0.25, 0.3) is 0 Å². The van der Waals surface area contributed by atoms with E-state index in [9.17, 15) is 4.79 Å². The molecular formula is C17H23N3O. The van der Waals surface area contributed by atoms with Crippen LogP contribution in [0.1, 0.15) is 35.0 Å². The van der Waals surface area contributed by atoms with Crippen molar-refractivity contribution >= 4 is 11.6 Å². The Kier molecular flexibility index (Phi) is 4.68. The van der Waals surface area contributed by atoms with Crippen LogP contribution in [0.3, 0.4) is 0 Å². The lowest BCUT2D eigenvalue weighted by Crippen LogP contribution is -2.32. The Bertz CT molecular complexity index is 613. The van der Waals surface area contributed by atoms with Gasteiger partial charge in [0.25, 0.3) is 5.91 Å². The minimum atomic E-state index is 0.0247. The minimum Gasteiger partial charge on any atom is -0.397 e. The second-order valence-corrected chi connectivity index (χ2v) is 5.48. The van der Waals surface area contributed by atoms with E-state index in [2.05, 4.69) is 38.1 Å². The molecule has 0 radical (unpaired) electrons. The predicted octanol–water partition coefficient (Wildman–Crippen LogP) is 2.97. The maximum absolute atomic E-state index is 12.7. The van der Waals surface area contributed by atoms with Gasteiger partial charge in [0.1, 0.15) is 5.69 Å². The topological polar surface area (TPSA) is 51.3 Å². The van der Waals surface area contributed by atoms with Gasteiger partial charge in [-0.1, -0.05) is 36.8 Å². The number of carbonyl (C=O) groups is 1. The first kappa shape index (κ1) is 15.2. The number of nitrogens with two attached hydrogens (primary N) is 1. The fourth-order valence-electron chi connectivity index (χ4n) is 2.40. The fraction of sp³-hybridized carbons (Fsp3) is 0.353. The van der Waals surface area contributed by atoms with Gasteiger partial charge in [-0.05, 0) is 25.0 Å². The maximum atomic E-state index is 12.7. The van der Waals surface area contributed by atoms with Crippen LogP contribution < -0.4 is 5.73 Å². The Hall–Kier alpha value is -2.23. The van der Waals surface area contributed by atoms with E-state index in [-0.39, 0.29) is 5.91 Å². The van der Waals surface area contributed by atoms with Gasteiger partial charge in [0.05, 0.1) is 5.69 Å². The highest BCUT2D eigenvalue weighted by atomic mass is 16.2. The molecule has 0 spiro atoms. The van der Waals surface area contributed by atoms with Crippen molar-refractivity contribution < 1.29 is 4.79 Å². The lowest BCUT2D eigenvalue weighted by atomic mass is 10.1. The van der Waals surface area contributed by atoms with Crippen molar-refractivity contribution in [2.45, 2.75) is 26.8 Å². The first-order valence-electron chi connectivity index (χ1n) is 7.28. The number of hydrogen-bond acceptors (Lipinski definition) is 2. The van der Waals surface area contributed by atoms with Crippen molar-refractivity contribution in [1.29, 1.82) is 0 Å². The minimum absolute atomic E-state index is 0.0247. The Balaban J connectivity index is 2.20. The van der Waals surface area contributed by atoms with Crippen LogP contribution in [0.5, 0.6) is 0 Å². The van der Waals surface area contributed by atoms with Crippen LogP contribution >= 0.6 is 0 Å². The van der Waals surface area contributed by atoms with Crippen LogP contribution in [0, 0.1) is 6.92 Å². The Morgan fingerprint density at radius 3 is 2.48 bits per heavy atom. The third-order valence-electron chi connectivity index (χ3n) is 3.52. The first-order chi connectivity index (χ1) is 10.0. The molecule has 0 aliphatic carbocycles. The van der Waals surface area contributed by atoms with Gasteiger partial charge in [0, 0.05) is 26.3 Å². The molecule has 1 heterocycles. The number of carbonyl (C=O) groups excluding carboxylic acids is 1. The summed E-state index contributed by atoms with van der Waals surface area (Å²) in [6.07, 6.45) is 2.70. The average Bonchev–Trinajstić information content (AvgIpc) is 2.79. The number of hydrogen-bond donors (Lipinski definition) is 1. The van der Waals surface area contributed by atoms with Crippen molar-refractivity contribution in [3.8, 4) is 0 Å². The van der Waals surface area contributed by atoms with E-state index in [4.69, 9.17) is 5.73 Å². The van der Waals surface area contributed by atoms with Gasteiger partial charge in [-0.3, -0.25) is 4.79 Å². The highest BCUT2D eigenvalue weighted by molar-refractivity contribution is 5.93. The molecule has 0 unspecified atom stereocenters. The molecule has 21 heavy (non-hydrogen) atoms. The van der Waals surface area contributed by atoms with E-state index in [1.54, 1.807) is 16.8 Å². The predicted molar refractivity (Wildman–Crippen MR) is 86.0 cm³/mol. The number of benzene rings is 1. The third-order valence-corrected chi connectivity index (χ3v) is 3.52. The molecule has 4 heteroatoms. The molecule has 2 aromatic rings.